The van der Waals surface area contributed by atoms with Crippen molar-refractivity contribution in [1.29, 1.82) is 0 Å². The van der Waals surface area contributed by atoms with Crippen molar-refractivity contribution < 1.29 is 55.7 Å². The summed E-state index contributed by atoms with van der Waals surface area (Å²) in [4.78, 5) is 68.2. The van der Waals surface area contributed by atoms with E-state index in [1.807, 2.05) is 46.7 Å². The predicted octanol–water partition coefficient (Wildman–Crippen LogP) is 3.56. The molecule has 0 radical (unpaired) electrons. The Morgan fingerprint density at radius 1 is 1.13 bits per heavy atom. The number of nitrogens with zero attached hydrogens (tertiary/aromatic N) is 6. The highest BCUT2D eigenvalue weighted by molar-refractivity contribution is 6.27. The Bertz CT molecular complexity index is 2670. The van der Waals surface area contributed by atoms with Gasteiger partial charge in [-0.1, -0.05) is 19.8 Å². The smallest absolute Gasteiger partial charge is 0.406 e. The molecule has 3 amide bonds. The van der Waals surface area contributed by atoms with Gasteiger partial charge in [0.15, 0.2) is 6.10 Å². The van der Waals surface area contributed by atoms with Crippen molar-refractivity contribution in [1.82, 2.24) is 40.1 Å². The third-order valence-electron chi connectivity index (χ3n) is 13.4. The van der Waals surface area contributed by atoms with E-state index in [1.54, 1.807) is 48.4 Å². The predicted molar refractivity (Wildman–Crippen MR) is 256 cm³/mol. The summed E-state index contributed by atoms with van der Waals surface area (Å²) in [6.07, 6.45) is -2.92. The van der Waals surface area contributed by atoms with Crippen LogP contribution in [-0.2, 0) is 57.5 Å². The third kappa shape index (κ3) is 11.6. The van der Waals surface area contributed by atoms with Crippen molar-refractivity contribution >= 4 is 44.8 Å². The molecule has 0 unspecified atom stereocenters. The molecule has 0 aliphatic carbocycles. The first-order valence-corrected chi connectivity index (χ1v) is 24.3. The van der Waals surface area contributed by atoms with E-state index in [4.69, 9.17) is 28.3 Å². The van der Waals surface area contributed by atoms with Gasteiger partial charge in [0.1, 0.15) is 24.0 Å². The number of oxazole rings is 1. The molecule has 3 aliphatic heterocycles. The van der Waals surface area contributed by atoms with Crippen LogP contribution in [0.3, 0.4) is 0 Å². The molecular weight excluding hydrogens is 930 g/mol. The highest BCUT2D eigenvalue weighted by atomic mass is 28.1. The van der Waals surface area contributed by atoms with E-state index in [-0.39, 0.29) is 79.5 Å². The number of esters is 1. The number of carbonyl (C=O) groups excluding carboxylic acids is 4. The number of hydrogen-bond acceptors (Lipinski definition) is 13. The first kappa shape index (κ1) is 52.2. The van der Waals surface area contributed by atoms with E-state index in [2.05, 4.69) is 27.6 Å². The molecule has 70 heavy (non-hydrogen) atoms. The van der Waals surface area contributed by atoms with Gasteiger partial charge in [-0.05, 0) is 95.9 Å². The van der Waals surface area contributed by atoms with Crippen LogP contribution in [0.5, 0.6) is 0 Å². The van der Waals surface area contributed by atoms with Crippen LogP contribution in [0.15, 0.2) is 47.2 Å². The number of cyclic esters (lactones) is 1. The monoisotopic (exact) mass is 992 g/mol. The quantitative estimate of drug-likeness (QED) is 0.127. The molecule has 3 aromatic heterocycles. The molecule has 2 saturated heterocycles. The van der Waals surface area contributed by atoms with Gasteiger partial charge in [-0.3, -0.25) is 34.1 Å². The van der Waals surface area contributed by atoms with Crippen LogP contribution in [0, 0.1) is 17.3 Å². The minimum absolute atomic E-state index is 0.106. The van der Waals surface area contributed by atoms with E-state index in [9.17, 15) is 32.3 Å². The Morgan fingerprint density at radius 2 is 1.87 bits per heavy atom. The topological polar surface area (TPSA) is 183 Å². The number of aromatic nitrogens is 3. The van der Waals surface area contributed by atoms with Crippen LogP contribution in [0.25, 0.3) is 33.6 Å². The summed E-state index contributed by atoms with van der Waals surface area (Å²) in [5.74, 6) is 3.72. The molecule has 2 N–H and O–H groups in total. The Labute approximate surface area is 408 Å². The van der Waals surface area contributed by atoms with Crippen molar-refractivity contribution in [2.24, 2.45) is 5.41 Å². The number of fused-ring (bicyclic) bond motifs is 6. The van der Waals surface area contributed by atoms with Gasteiger partial charge in [-0.2, -0.15) is 13.2 Å². The summed E-state index contributed by atoms with van der Waals surface area (Å²) in [5, 5.41) is 3.42. The average molecular weight is 993 g/mol. The second kappa shape index (κ2) is 20.6. The standard InChI is InChI=1S/C49H63F3N8O9Si/c1-29(65-8)40-33(12-10-18-53-40)41-35-22-46(2,3)28-69-45(64)48(70)16-11-19-60(56-48)44(63)36(21-31-25-68-43(54-31)30-13-14-37(34(35)20-30)59(41)27-49(50,51)52)55-42(62)38(66-9)26-67-32-23-58(24-32)39(61)15-17-47(4,5)57(6)7/h10,12-14,18,20,25,29,32,36,38,56H,11,16,19,21-24,26-28H2,1-9,70H3,(H,55,62)/t29-,36-,38-,48-/m0/s1. The Hall–Kier alpha value is -5.63. The van der Waals surface area contributed by atoms with Crippen LogP contribution in [0.2, 0.25) is 0 Å². The van der Waals surface area contributed by atoms with Crippen LogP contribution >= 0.6 is 0 Å². The Morgan fingerprint density at radius 3 is 2.56 bits per heavy atom. The van der Waals surface area contributed by atoms with Crippen molar-refractivity contribution in [3.05, 3.63) is 59.7 Å². The Kier molecular flexibility index (Phi) is 15.4. The fraction of sp³-hybridized carbons (Fsp3) is 0.551. The zero-order chi connectivity index (χ0) is 50.9. The highest BCUT2D eigenvalue weighted by Gasteiger charge is 2.44. The number of ether oxygens (including phenoxy) is 4. The molecule has 21 heteroatoms. The van der Waals surface area contributed by atoms with Gasteiger partial charge in [0.25, 0.3) is 17.7 Å². The van der Waals surface area contributed by atoms with Crippen molar-refractivity contribution in [3.8, 4) is 34.6 Å². The number of alkyl halides is 3. The summed E-state index contributed by atoms with van der Waals surface area (Å²) in [5.41, 5.74) is 4.62. The fourth-order valence-corrected chi connectivity index (χ4v) is 9.45. The number of nitrogens with one attached hydrogen (secondary N) is 2. The number of likely N-dealkylation sites (tertiary alicyclic amines) is 1. The first-order chi connectivity index (χ1) is 32.9. The SMILES string of the molecule is CO[C@@H](COC1CN(C(=O)C#CC(C)(C)N(C)C)C1)C(=O)N[C@H]1Cc2coc(n2)-c2ccc3c(c2)c(c(-c2cccnc2[C@H](C)OC)n3CC(F)(F)F)CC(C)(C)COC(=O)[C@@]2([SiH3])CCCN(N2)C1=O. The zero-order valence-corrected chi connectivity index (χ0v) is 43.4. The molecule has 17 nitrogen and oxygen atoms in total. The maximum atomic E-state index is 14.6. The second-order valence-corrected chi connectivity index (χ2v) is 21.7. The lowest BCUT2D eigenvalue weighted by molar-refractivity contribution is -0.158. The lowest BCUT2D eigenvalue weighted by Gasteiger charge is -2.41. The van der Waals surface area contributed by atoms with Gasteiger partial charge >= 0.3 is 12.1 Å². The normalized spacial score (nSPS) is 21.1. The van der Waals surface area contributed by atoms with Gasteiger partial charge in [-0.25, -0.2) is 10.4 Å². The van der Waals surface area contributed by atoms with Crippen LogP contribution < -0.4 is 10.7 Å². The van der Waals surface area contributed by atoms with Gasteiger partial charge in [0.05, 0.1) is 48.0 Å². The molecule has 0 saturated carbocycles. The summed E-state index contributed by atoms with van der Waals surface area (Å²) in [6.45, 7) is 8.55. The average Bonchev–Trinajstić information content (AvgIpc) is 3.87. The largest absolute Gasteiger partial charge is 0.464 e. The summed E-state index contributed by atoms with van der Waals surface area (Å²) in [7, 11) is 6.84. The lowest BCUT2D eigenvalue weighted by atomic mass is 9.84. The number of hydrazine groups is 1. The van der Waals surface area contributed by atoms with Gasteiger partial charge in [-0.15, -0.1) is 0 Å². The van der Waals surface area contributed by atoms with Gasteiger partial charge in [0.2, 0.25) is 5.89 Å². The molecule has 4 atom stereocenters. The minimum atomic E-state index is -4.61. The maximum Gasteiger partial charge on any atom is 0.406 e. The number of halogens is 3. The van der Waals surface area contributed by atoms with Gasteiger partial charge in [0, 0.05) is 84.2 Å². The summed E-state index contributed by atoms with van der Waals surface area (Å²) >= 11 is 0. The number of amides is 3. The van der Waals surface area contributed by atoms with E-state index < -0.39 is 64.9 Å². The van der Waals surface area contributed by atoms with Crippen LogP contribution in [0.1, 0.15) is 70.5 Å². The van der Waals surface area contributed by atoms with E-state index in [1.165, 1.54) is 30.1 Å². The third-order valence-corrected chi connectivity index (χ3v) is 14.5. The summed E-state index contributed by atoms with van der Waals surface area (Å²) in [6, 6.07) is 7.11. The Balaban J connectivity index is 1.22. The number of hydrogen-bond donors (Lipinski definition) is 2. The van der Waals surface area contributed by atoms with E-state index >= 15 is 0 Å². The number of methoxy groups -OCH3 is 2. The minimum Gasteiger partial charge on any atom is -0.464 e. The molecular formula is C49H63F3N8O9Si. The van der Waals surface area contributed by atoms with Crippen molar-refractivity contribution in [3.63, 3.8) is 0 Å². The molecule has 6 heterocycles. The number of carbonyl (C=O) groups is 4. The van der Waals surface area contributed by atoms with E-state index in [0.717, 1.165) is 0 Å². The molecule has 0 spiro atoms. The molecule has 7 rings (SSSR count). The van der Waals surface area contributed by atoms with Crippen LogP contribution in [0.4, 0.5) is 13.2 Å². The second-order valence-electron chi connectivity index (χ2n) is 20.0. The molecule has 4 aromatic rings. The van der Waals surface area contributed by atoms with Crippen molar-refractivity contribution in [2.75, 3.05) is 61.2 Å². The molecule has 378 valence electrons. The molecule has 6 bridgehead atoms. The fourth-order valence-electron chi connectivity index (χ4n) is 8.68. The molecule has 3 aliphatic rings. The number of rotatable bonds is 11. The van der Waals surface area contributed by atoms with Gasteiger partial charge < -0.3 is 38.1 Å². The molecule has 1 aromatic carbocycles. The van der Waals surface area contributed by atoms with E-state index in [0.29, 0.717) is 51.8 Å². The van der Waals surface area contributed by atoms with Crippen LogP contribution in [-0.4, -0.2) is 160 Å². The highest BCUT2D eigenvalue weighted by Crippen LogP contribution is 2.43. The lowest BCUT2D eigenvalue weighted by Crippen LogP contribution is -2.67. The number of benzene rings is 1. The summed E-state index contributed by atoms with van der Waals surface area (Å²) < 4.78 is 74.5. The zero-order valence-electron chi connectivity index (χ0n) is 41.4. The van der Waals surface area contributed by atoms with Crippen molar-refractivity contribution in [2.45, 2.75) is 108 Å². The molecule has 2 fully saturated rings. The number of pyridine rings is 1. The first-order valence-electron chi connectivity index (χ1n) is 23.3. The maximum absolute atomic E-state index is 14.6.